The number of anilines is 2. The summed E-state index contributed by atoms with van der Waals surface area (Å²) in [7, 11) is 1.19. The smallest absolute Gasteiger partial charge is 0.414 e. The Morgan fingerprint density at radius 3 is 2.72 bits per heavy atom. The molecule has 2 N–H and O–H groups in total. The van der Waals surface area contributed by atoms with Crippen LogP contribution < -0.4 is 20.4 Å². The van der Waals surface area contributed by atoms with Crippen molar-refractivity contribution in [2.75, 3.05) is 43.1 Å². The molecule has 1 atom stereocenters. The van der Waals surface area contributed by atoms with Gasteiger partial charge in [-0.25, -0.2) is 28.1 Å². The number of alkyl carbamates (subject to hydrolysis) is 1. The Morgan fingerprint density at radius 1 is 1.25 bits per heavy atom. The molecule has 4 amide bonds. The highest BCUT2D eigenvalue weighted by molar-refractivity contribution is 5.93. The predicted molar refractivity (Wildman–Crippen MR) is 108 cm³/mol. The van der Waals surface area contributed by atoms with Gasteiger partial charge in [0.15, 0.2) is 11.6 Å². The van der Waals surface area contributed by atoms with Gasteiger partial charge in [-0.1, -0.05) is 0 Å². The lowest BCUT2D eigenvalue weighted by Gasteiger charge is -2.16. The number of rotatable bonds is 5. The number of hydrogen-bond acceptors (Lipinski definition) is 6. The van der Waals surface area contributed by atoms with Gasteiger partial charge < -0.3 is 20.1 Å². The van der Waals surface area contributed by atoms with E-state index in [4.69, 9.17) is 4.74 Å². The largest absolute Gasteiger partial charge is 0.453 e. The third-order valence-corrected chi connectivity index (χ3v) is 5.08. The summed E-state index contributed by atoms with van der Waals surface area (Å²) in [6, 6.07) is 5.41. The predicted octanol–water partition coefficient (Wildman–Crippen LogP) is 2.24. The number of benzene rings is 1. The number of nitrogens with zero attached hydrogens (tertiary/aromatic N) is 3. The van der Waals surface area contributed by atoms with Crippen molar-refractivity contribution in [3.63, 3.8) is 0 Å². The zero-order valence-electron chi connectivity index (χ0n) is 16.9. The van der Waals surface area contributed by atoms with E-state index in [9.17, 15) is 23.2 Å². The first-order valence-electron chi connectivity index (χ1n) is 9.68. The summed E-state index contributed by atoms with van der Waals surface area (Å²) in [5, 5.41) is 5.04. The molecule has 1 aromatic carbocycles. The van der Waals surface area contributed by atoms with Crippen LogP contribution in [0.15, 0.2) is 30.5 Å². The highest BCUT2D eigenvalue weighted by Crippen LogP contribution is 2.32. The van der Waals surface area contributed by atoms with E-state index >= 15 is 0 Å². The Hall–Kier alpha value is -3.96. The number of amides is 4. The van der Waals surface area contributed by atoms with Crippen molar-refractivity contribution < 1.29 is 32.6 Å². The molecule has 0 bridgehead atoms. The number of urea groups is 1. The van der Waals surface area contributed by atoms with Gasteiger partial charge in [-0.15, -0.1) is 0 Å². The van der Waals surface area contributed by atoms with E-state index < -0.39 is 29.9 Å². The Bertz CT molecular complexity index is 1070. The van der Waals surface area contributed by atoms with E-state index in [-0.39, 0.29) is 30.4 Å². The fourth-order valence-corrected chi connectivity index (χ4v) is 3.46. The van der Waals surface area contributed by atoms with Crippen molar-refractivity contribution >= 4 is 29.7 Å². The Morgan fingerprint density at radius 2 is 2.06 bits per heavy atom. The van der Waals surface area contributed by atoms with Gasteiger partial charge in [0.2, 0.25) is 0 Å². The minimum absolute atomic E-state index is 0.0375. The average molecular weight is 447 g/mol. The molecular formula is C20H19F2N5O5. The standard InChI is InChI=1S/C20H19F2N5O5/c1-31-19(29)25-9-12-10-27(20(30)32-12)14-4-3-13(16(21)17(14)22)11-2-5-15(24-8-11)26-7-6-23-18(26)28/h2-5,8,12H,6-7,9-10H2,1H3,(H,23,28)(H,25,29). The Balaban J connectivity index is 1.52. The number of halogens is 2. The molecule has 0 spiro atoms. The van der Waals surface area contributed by atoms with Crippen LogP contribution in [0.25, 0.3) is 11.1 Å². The molecule has 1 aromatic heterocycles. The van der Waals surface area contributed by atoms with Gasteiger partial charge in [0.1, 0.15) is 11.9 Å². The maximum Gasteiger partial charge on any atom is 0.414 e. The van der Waals surface area contributed by atoms with E-state index in [2.05, 4.69) is 20.4 Å². The van der Waals surface area contributed by atoms with Crippen LogP contribution in [0.4, 0.5) is 34.7 Å². The van der Waals surface area contributed by atoms with Crippen LogP contribution in [-0.4, -0.2) is 62.6 Å². The maximum atomic E-state index is 14.9. The van der Waals surface area contributed by atoms with Crippen LogP contribution in [0.2, 0.25) is 0 Å². The molecule has 0 radical (unpaired) electrons. The fourth-order valence-electron chi connectivity index (χ4n) is 3.46. The lowest BCUT2D eigenvalue weighted by Crippen LogP contribution is -2.34. The number of carbonyl (C=O) groups excluding carboxylic acids is 3. The first-order chi connectivity index (χ1) is 15.4. The van der Waals surface area contributed by atoms with Crippen molar-refractivity contribution in [3.8, 4) is 11.1 Å². The van der Waals surface area contributed by atoms with Crippen LogP contribution in [0.1, 0.15) is 0 Å². The van der Waals surface area contributed by atoms with Gasteiger partial charge in [-0.05, 0) is 24.3 Å². The van der Waals surface area contributed by atoms with Gasteiger partial charge >= 0.3 is 18.2 Å². The molecule has 0 aliphatic carbocycles. The molecule has 12 heteroatoms. The van der Waals surface area contributed by atoms with Crippen LogP contribution in [0.5, 0.6) is 0 Å². The third kappa shape index (κ3) is 3.98. The van der Waals surface area contributed by atoms with Crippen molar-refractivity contribution in [1.29, 1.82) is 0 Å². The van der Waals surface area contributed by atoms with E-state index in [1.54, 1.807) is 6.07 Å². The van der Waals surface area contributed by atoms with E-state index in [0.29, 0.717) is 24.5 Å². The maximum absolute atomic E-state index is 14.9. The number of ether oxygens (including phenoxy) is 2. The molecule has 32 heavy (non-hydrogen) atoms. The zero-order chi connectivity index (χ0) is 22.8. The molecule has 1 unspecified atom stereocenters. The van der Waals surface area contributed by atoms with Crippen molar-refractivity contribution in [1.82, 2.24) is 15.6 Å². The third-order valence-electron chi connectivity index (χ3n) is 5.08. The molecule has 3 heterocycles. The van der Waals surface area contributed by atoms with Gasteiger partial charge in [-0.2, -0.15) is 0 Å². The first kappa shape index (κ1) is 21.3. The fraction of sp³-hybridized carbons (Fsp3) is 0.300. The number of hydrogen-bond donors (Lipinski definition) is 2. The number of pyridine rings is 1. The summed E-state index contributed by atoms with van der Waals surface area (Å²) in [5.74, 6) is -1.98. The summed E-state index contributed by atoms with van der Waals surface area (Å²) in [6.45, 7) is 0.851. The number of nitrogens with one attached hydrogen (secondary N) is 2. The molecule has 2 saturated heterocycles. The lowest BCUT2D eigenvalue weighted by atomic mass is 10.1. The first-order valence-corrected chi connectivity index (χ1v) is 9.68. The second-order valence-corrected chi connectivity index (χ2v) is 7.04. The average Bonchev–Trinajstić information content (AvgIpc) is 3.39. The highest BCUT2D eigenvalue weighted by Gasteiger charge is 2.35. The second kappa shape index (κ2) is 8.65. The number of cyclic esters (lactones) is 1. The number of methoxy groups -OCH3 is 1. The van der Waals surface area contributed by atoms with E-state index in [1.807, 2.05) is 0 Å². The Labute approximate surface area is 181 Å². The molecular weight excluding hydrogens is 428 g/mol. The van der Waals surface area contributed by atoms with Crippen LogP contribution in [-0.2, 0) is 9.47 Å². The van der Waals surface area contributed by atoms with E-state index in [0.717, 1.165) is 4.90 Å². The molecule has 2 fully saturated rings. The molecule has 2 aliphatic heterocycles. The summed E-state index contributed by atoms with van der Waals surface area (Å²) in [4.78, 5) is 41.6. The van der Waals surface area contributed by atoms with Gasteiger partial charge in [-0.3, -0.25) is 9.80 Å². The topological polar surface area (TPSA) is 113 Å². The molecule has 0 saturated carbocycles. The second-order valence-electron chi connectivity index (χ2n) is 7.04. The van der Waals surface area contributed by atoms with Crippen molar-refractivity contribution in [3.05, 3.63) is 42.1 Å². The Kier molecular flexibility index (Phi) is 5.75. The van der Waals surface area contributed by atoms with Crippen LogP contribution in [0.3, 0.4) is 0 Å². The van der Waals surface area contributed by atoms with Gasteiger partial charge in [0, 0.05) is 30.4 Å². The molecule has 168 valence electrons. The van der Waals surface area contributed by atoms with Crippen LogP contribution >= 0.6 is 0 Å². The van der Waals surface area contributed by atoms with Gasteiger partial charge in [0.05, 0.1) is 25.9 Å². The molecule has 4 rings (SSSR count). The monoisotopic (exact) mass is 447 g/mol. The van der Waals surface area contributed by atoms with Gasteiger partial charge in [0.25, 0.3) is 0 Å². The molecule has 2 aliphatic rings. The van der Waals surface area contributed by atoms with Crippen LogP contribution in [0, 0.1) is 11.6 Å². The minimum Gasteiger partial charge on any atom is -0.453 e. The molecule has 10 nitrogen and oxygen atoms in total. The normalized spacial score (nSPS) is 17.9. The summed E-state index contributed by atoms with van der Waals surface area (Å²) in [6.07, 6.45) is -0.964. The number of aromatic nitrogens is 1. The zero-order valence-corrected chi connectivity index (χ0v) is 16.9. The highest BCUT2D eigenvalue weighted by atomic mass is 19.2. The number of carbonyl (C=O) groups is 3. The lowest BCUT2D eigenvalue weighted by molar-refractivity contribution is 0.132. The quantitative estimate of drug-likeness (QED) is 0.727. The van der Waals surface area contributed by atoms with E-state index in [1.165, 1.54) is 36.4 Å². The molecule has 2 aromatic rings. The summed E-state index contributed by atoms with van der Waals surface area (Å²) < 4.78 is 39.2. The minimum atomic E-state index is -1.22. The van der Waals surface area contributed by atoms with Crippen molar-refractivity contribution in [2.24, 2.45) is 0 Å². The van der Waals surface area contributed by atoms with Crippen molar-refractivity contribution in [2.45, 2.75) is 6.10 Å². The summed E-state index contributed by atoms with van der Waals surface area (Å²) >= 11 is 0. The summed E-state index contributed by atoms with van der Waals surface area (Å²) in [5.41, 5.74) is -0.0248. The SMILES string of the molecule is COC(=O)NCC1CN(c2ccc(-c3ccc(N4CCNC4=O)nc3)c(F)c2F)C(=O)O1.